The van der Waals surface area contributed by atoms with Crippen LogP contribution in [0, 0.1) is 28.6 Å². The summed E-state index contributed by atoms with van der Waals surface area (Å²) in [5.41, 5.74) is 1.26. The topological polar surface area (TPSA) is 46.5 Å². The molecule has 3 heteroatoms. The maximum absolute atomic E-state index is 11.8. The zero-order valence-electron chi connectivity index (χ0n) is 16.6. The number of carbonyl (C=O) groups is 1. The van der Waals surface area contributed by atoms with Crippen molar-refractivity contribution in [2.24, 2.45) is 28.6 Å². The average molecular weight is 359 g/mol. The molecule has 26 heavy (non-hydrogen) atoms. The highest BCUT2D eigenvalue weighted by atomic mass is 16.6. The Morgan fingerprint density at radius 3 is 2.65 bits per heavy atom. The summed E-state index contributed by atoms with van der Waals surface area (Å²) in [6.07, 6.45) is 12.6. The molecule has 0 unspecified atom stereocenters. The maximum atomic E-state index is 11.8. The van der Waals surface area contributed by atoms with E-state index in [1.54, 1.807) is 0 Å². The molecule has 4 aliphatic rings. The second-order valence-electron chi connectivity index (χ2n) is 9.84. The van der Waals surface area contributed by atoms with E-state index >= 15 is 0 Å². The summed E-state index contributed by atoms with van der Waals surface area (Å²) < 4.78 is 5.94. The molecule has 0 amide bonds. The van der Waals surface area contributed by atoms with Crippen LogP contribution in [0.4, 0.5) is 0 Å². The van der Waals surface area contributed by atoms with Gasteiger partial charge in [0.1, 0.15) is 5.60 Å². The van der Waals surface area contributed by atoms with Gasteiger partial charge in [-0.15, -0.1) is 0 Å². The van der Waals surface area contributed by atoms with Gasteiger partial charge in [0.05, 0.1) is 6.10 Å². The molecular formula is C23H34O3. The summed E-state index contributed by atoms with van der Waals surface area (Å²) in [4.78, 5) is 11.8. The molecule has 4 rings (SSSR count). The number of esters is 1. The van der Waals surface area contributed by atoms with Crippen LogP contribution in [0.2, 0.25) is 0 Å². The van der Waals surface area contributed by atoms with E-state index in [2.05, 4.69) is 26.5 Å². The van der Waals surface area contributed by atoms with Crippen LogP contribution in [-0.4, -0.2) is 22.8 Å². The Kier molecular flexibility index (Phi) is 4.19. The van der Waals surface area contributed by atoms with Gasteiger partial charge >= 0.3 is 5.97 Å². The molecule has 7 atom stereocenters. The monoisotopic (exact) mass is 358 g/mol. The Morgan fingerprint density at radius 2 is 1.96 bits per heavy atom. The van der Waals surface area contributed by atoms with Gasteiger partial charge in [0, 0.05) is 12.3 Å². The Bertz CT molecular complexity index is 652. The van der Waals surface area contributed by atoms with E-state index in [1.807, 2.05) is 6.08 Å². The van der Waals surface area contributed by atoms with Gasteiger partial charge in [0.2, 0.25) is 0 Å². The molecule has 0 spiro atoms. The number of hydrogen-bond donors (Lipinski definition) is 1. The van der Waals surface area contributed by atoms with Gasteiger partial charge in [0.25, 0.3) is 0 Å². The van der Waals surface area contributed by atoms with E-state index in [4.69, 9.17) is 4.74 Å². The van der Waals surface area contributed by atoms with Crippen molar-refractivity contribution in [2.75, 3.05) is 0 Å². The lowest BCUT2D eigenvalue weighted by atomic mass is 9.47. The molecule has 0 saturated heterocycles. The standard InChI is InChI=1S/C23H34O3/c1-5-23(26-15(2)24)13-10-20-18-7-6-16-14-17(25)8-11-21(16,3)19(18)9-12-22(20,23)4/h5-6,17-20,25H,1,7-14H2,2-4H3/t17-,18+,19-,20-,21+,22+,23+/m1/s1. The first-order valence-electron chi connectivity index (χ1n) is 10.5. The number of aliphatic hydroxyl groups excluding tert-OH is 1. The van der Waals surface area contributed by atoms with E-state index in [0.29, 0.717) is 17.8 Å². The number of carbonyl (C=O) groups excluding carboxylic acids is 1. The van der Waals surface area contributed by atoms with Crippen LogP contribution in [0.25, 0.3) is 0 Å². The fraction of sp³-hybridized carbons (Fsp3) is 0.783. The van der Waals surface area contributed by atoms with Crippen molar-refractivity contribution in [1.82, 2.24) is 0 Å². The quantitative estimate of drug-likeness (QED) is 0.570. The molecule has 0 aromatic carbocycles. The molecular weight excluding hydrogens is 324 g/mol. The third-order valence-corrected chi connectivity index (χ3v) is 8.92. The van der Waals surface area contributed by atoms with Crippen LogP contribution in [0.15, 0.2) is 24.3 Å². The van der Waals surface area contributed by atoms with Gasteiger partial charge in [-0.1, -0.05) is 32.1 Å². The smallest absolute Gasteiger partial charge is 0.303 e. The highest BCUT2D eigenvalue weighted by molar-refractivity contribution is 5.67. The van der Waals surface area contributed by atoms with Crippen LogP contribution in [0.1, 0.15) is 72.1 Å². The number of ether oxygens (including phenoxy) is 1. The second-order valence-corrected chi connectivity index (χ2v) is 9.84. The van der Waals surface area contributed by atoms with E-state index in [9.17, 15) is 9.90 Å². The molecule has 4 aliphatic carbocycles. The number of hydrogen-bond acceptors (Lipinski definition) is 3. The Morgan fingerprint density at radius 1 is 1.23 bits per heavy atom. The van der Waals surface area contributed by atoms with Crippen molar-refractivity contribution in [3.63, 3.8) is 0 Å². The van der Waals surface area contributed by atoms with Crippen LogP contribution >= 0.6 is 0 Å². The third kappa shape index (κ3) is 2.32. The van der Waals surface area contributed by atoms with Crippen molar-refractivity contribution in [3.8, 4) is 0 Å². The predicted molar refractivity (Wildman–Crippen MR) is 102 cm³/mol. The first-order valence-corrected chi connectivity index (χ1v) is 10.5. The van der Waals surface area contributed by atoms with Gasteiger partial charge in [-0.3, -0.25) is 4.79 Å². The lowest BCUT2D eigenvalue weighted by Crippen LogP contribution is -2.55. The van der Waals surface area contributed by atoms with E-state index in [0.717, 1.165) is 44.9 Å². The fourth-order valence-electron chi connectivity index (χ4n) is 7.48. The second kappa shape index (κ2) is 5.95. The van der Waals surface area contributed by atoms with Crippen molar-refractivity contribution in [3.05, 3.63) is 24.3 Å². The molecule has 0 heterocycles. The molecule has 0 radical (unpaired) electrons. The summed E-state index contributed by atoms with van der Waals surface area (Å²) in [5, 5.41) is 10.1. The molecule has 144 valence electrons. The normalized spacial score (nSPS) is 50.1. The third-order valence-electron chi connectivity index (χ3n) is 8.92. The molecule has 0 bridgehead atoms. The van der Waals surface area contributed by atoms with Crippen LogP contribution in [-0.2, 0) is 9.53 Å². The Hall–Kier alpha value is -1.09. The van der Waals surface area contributed by atoms with Gasteiger partial charge in [-0.2, -0.15) is 0 Å². The van der Waals surface area contributed by atoms with Crippen molar-refractivity contribution in [1.29, 1.82) is 0 Å². The van der Waals surface area contributed by atoms with Crippen LogP contribution in [0.5, 0.6) is 0 Å². The van der Waals surface area contributed by atoms with Crippen molar-refractivity contribution in [2.45, 2.75) is 83.8 Å². The van der Waals surface area contributed by atoms with Gasteiger partial charge in [0.15, 0.2) is 0 Å². The Balaban J connectivity index is 1.68. The van der Waals surface area contributed by atoms with Crippen LogP contribution < -0.4 is 0 Å². The minimum atomic E-state index is -0.498. The first-order chi connectivity index (χ1) is 12.3. The van der Waals surface area contributed by atoms with Gasteiger partial charge in [-0.05, 0) is 80.6 Å². The van der Waals surface area contributed by atoms with Gasteiger partial charge < -0.3 is 9.84 Å². The maximum Gasteiger partial charge on any atom is 0.303 e. The summed E-state index contributed by atoms with van der Waals surface area (Å²) in [6, 6.07) is 0. The molecule has 0 aromatic rings. The lowest BCUT2D eigenvalue weighted by Gasteiger charge is -2.59. The molecule has 0 aliphatic heterocycles. The number of aliphatic hydroxyl groups is 1. The molecule has 3 fully saturated rings. The lowest BCUT2D eigenvalue weighted by molar-refractivity contribution is -0.170. The average Bonchev–Trinajstić information content (AvgIpc) is 2.88. The highest BCUT2D eigenvalue weighted by Crippen LogP contribution is 2.68. The Labute approximate surface area is 157 Å². The minimum Gasteiger partial charge on any atom is -0.454 e. The van der Waals surface area contributed by atoms with Crippen molar-refractivity contribution < 1.29 is 14.6 Å². The van der Waals surface area contributed by atoms with E-state index in [-0.39, 0.29) is 22.9 Å². The molecule has 3 saturated carbocycles. The molecule has 3 nitrogen and oxygen atoms in total. The van der Waals surface area contributed by atoms with E-state index in [1.165, 1.54) is 18.9 Å². The van der Waals surface area contributed by atoms with Gasteiger partial charge in [-0.25, -0.2) is 0 Å². The molecule has 1 N–H and O–H groups in total. The molecule has 0 aromatic heterocycles. The highest BCUT2D eigenvalue weighted by Gasteiger charge is 2.64. The number of allylic oxidation sites excluding steroid dienone is 1. The first kappa shape index (κ1) is 18.3. The fourth-order valence-corrected chi connectivity index (χ4v) is 7.48. The van der Waals surface area contributed by atoms with E-state index < -0.39 is 5.60 Å². The summed E-state index contributed by atoms with van der Waals surface area (Å²) in [6.45, 7) is 10.4. The zero-order chi connectivity index (χ0) is 18.7. The minimum absolute atomic E-state index is 0.00251. The van der Waals surface area contributed by atoms with Crippen molar-refractivity contribution >= 4 is 5.97 Å². The zero-order valence-corrected chi connectivity index (χ0v) is 16.6. The summed E-state index contributed by atoms with van der Waals surface area (Å²) >= 11 is 0. The van der Waals surface area contributed by atoms with Crippen LogP contribution in [0.3, 0.4) is 0 Å². The number of fused-ring (bicyclic) bond motifs is 5. The predicted octanol–water partition coefficient (Wildman–Crippen LogP) is 4.80. The SMILES string of the molecule is C=C[C@]1(OC(C)=O)CC[C@@H]2[C@H]3CC=C4C[C@H](O)CC[C@]4(C)[C@@H]3CC[C@@]21C. The number of rotatable bonds is 2. The summed E-state index contributed by atoms with van der Waals surface area (Å²) in [5.74, 6) is 1.76. The largest absolute Gasteiger partial charge is 0.454 e. The summed E-state index contributed by atoms with van der Waals surface area (Å²) in [7, 11) is 0.